The largest absolute Gasteiger partial charge is 0.293 e. The summed E-state index contributed by atoms with van der Waals surface area (Å²) in [5.41, 5.74) is 1.43. The van der Waals surface area contributed by atoms with Crippen LogP contribution in [0.4, 0.5) is 0 Å². The van der Waals surface area contributed by atoms with Gasteiger partial charge in [-0.1, -0.05) is 66.3 Å². The third-order valence-electron chi connectivity index (χ3n) is 2.77. The molecule has 1 unspecified atom stereocenters. The van der Waals surface area contributed by atoms with E-state index in [2.05, 4.69) is 12.6 Å². The van der Waals surface area contributed by atoms with Gasteiger partial charge < -0.3 is 0 Å². The predicted octanol–water partition coefficient (Wildman–Crippen LogP) is 4.56. The molecule has 0 aliphatic carbocycles. The monoisotopic (exact) mass is 306 g/mol. The molecule has 2 rings (SSSR count). The van der Waals surface area contributed by atoms with Crippen LogP contribution >= 0.6 is 36.4 Å². The summed E-state index contributed by atoms with van der Waals surface area (Å²) in [6.07, 6.45) is 0. The molecular formula is C15H11ClOS2. The molecule has 0 N–H and O–H groups in total. The Hall–Kier alpha value is -1.16. The van der Waals surface area contributed by atoms with E-state index >= 15 is 0 Å². The fourth-order valence-corrected chi connectivity index (χ4v) is 2.47. The summed E-state index contributed by atoms with van der Waals surface area (Å²) in [6.45, 7) is 0. The maximum absolute atomic E-state index is 12.5. The number of carbonyl (C=O) groups is 1. The topological polar surface area (TPSA) is 17.1 Å². The second kappa shape index (κ2) is 6.33. The Kier molecular flexibility index (Phi) is 4.75. The number of halogens is 1. The molecule has 0 spiro atoms. The van der Waals surface area contributed by atoms with E-state index in [4.69, 9.17) is 23.8 Å². The molecule has 2 aromatic rings. The Morgan fingerprint density at radius 3 is 2.16 bits per heavy atom. The number of rotatable bonds is 4. The third-order valence-corrected chi connectivity index (χ3v) is 3.52. The van der Waals surface area contributed by atoms with E-state index in [1.165, 1.54) is 0 Å². The molecule has 0 aromatic heterocycles. The van der Waals surface area contributed by atoms with Gasteiger partial charge in [0.1, 0.15) is 0 Å². The first-order chi connectivity index (χ1) is 9.09. The van der Waals surface area contributed by atoms with Crippen molar-refractivity contribution in [1.82, 2.24) is 0 Å². The van der Waals surface area contributed by atoms with Crippen LogP contribution in [0.5, 0.6) is 0 Å². The Morgan fingerprint density at radius 1 is 1.05 bits per heavy atom. The smallest absolute Gasteiger partial charge is 0.176 e. The zero-order valence-electron chi connectivity index (χ0n) is 9.92. The molecule has 0 saturated heterocycles. The second-order valence-electron chi connectivity index (χ2n) is 4.05. The van der Waals surface area contributed by atoms with Crippen molar-refractivity contribution in [2.24, 2.45) is 0 Å². The molecule has 0 heterocycles. The van der Waals surface area contributed by atoms with Gasteiger partial charge in [-0.25, -0.2) is 0 Å². The molecule has 2 aromatic carbocycles. The minimum atomic E-state index is -0.530. The van der Waals surface area contributed by atoms with Crippen LogP contribution in [0.2, 0.25) is 5.02 Å². The first-order valence-electron chi connectivity index (χ1n) is 5.67. The second-order valence-corrected chi connectivity index (χ2v) is 5.71. The number of thiocarbonyl (C=S) groups is 1. The number of hydrogen-bond donors (Lipinski definition) is 1. The SMILES string of the molecule is O=C(c1ccccc1)C(C(=S)S)c1ccc(Cl)cc1. The van der Waals surface area contributed by atoms with Gasteiger partial charge in [0.2, 0.25) is 0 Å². The van der Waals surface area contributed by atoms with Crippen LogP contribution in [0.3, 0.4) is 0 Å². The van der Waals surface area contributed by atoms with Crippen LogP contribution in [-0.2, 0) is 0 Å². The molecule has 0 aliphatic heterocycles. The van der Waals surface area contributed by atoms with Crippen molar-refractivity contribution in [3.63, 3.8) is 0 Å². The normalized spacial score (nSPS) is 11.9. The van der Waals surface area contributed by atoms with E-state index in [9.17, 15) is 4.79 Å². The van der Waals surface area contributed by atoms with Crippen LogP contribution in [0.25, 0.3) is 0 Å². The quantitative estimate of drug-likeness (QED) is 0.506. The summed E-state index contributed by atoms with van der Waals surface area (Å²) in [7, 11) is 0. The highest BCUT2D eigenvalue weighted by Crippen LogP contribution is 2.25. The lowest BCUT2D eigenvalue weighted by molar-refractivity contribution is 0.0984. The van der Waals surface area contributed by atoms with Crippen molar-refractivity contribution < 1.29 is 4.79 Å². The summed E-state index contributed by atoms with van der Waals surface area (Å²) in [5.74, 6) is -0.582. The van der Waals surface area contributed by atoms with E-state index in [1.807, 2.05) is 18.2 Å². The van der Waals surface area contributed by atoms with Crippen molar-refractivity contribution >= 4 is 46.4 Å². The molecule has 1 nitrogen and oxygen atoms in total. The molecule has 0 aliphatic rings. The minimum absolute atomic E-state index is 0.0528. The van der Waals surface area contributed by atoms with E-state index in [1.54, 1.807) is 36.4 Å². The first kappa shape index (κ1) is 14.3. The molecule has 96 valence electrons. The predicted molar refractivity (Wildman–Crippen MR) is 86.5 cm³/mol. The van der Waals surface area contributed by atoms with Gasteiger partial charge in [-0.3, -0.25) is 4.79 Å². The van der Waals surface area contributed by atoms with Crippen molar-refractivity contribution in [2.75, 3.05) is 0 Å². The molecule has 0 fully saturated rings. The van der Waals surface area contributed by atoms with E-state index in [0.29, 0.717) is 14.8 Å². The van der Waals surface area contributed by atoms with Crippen molar-refractivity contribution in [3.05, 3.63) is 70.7 Å². The lowest BCUT2D eigenvalue weighted by atomic mass is 9.92. The van der Waals surface area contributed by atoms with Crippen LogP contribution in [0, 0.1) is 0 Å². The summed E-state index contributed by atoms with van der Waals surface area (Å²) < 4.78 is 0.358. The minimum Gasteiger partial charge on any atom is -0.293 e. The van der Waals surface area contributed by atoms with Crippen molar-refractivity contribution in [2.45, 2.75) is 5.92 Å². The van der Waals surface area contributed by atoms with Gasteiger partial charge in [0.05, 0.1) is 10.1 Å². The van der Waals surface area contributed by atoms with Crippen molar-refractivity contribution in [3.8, 4) is 0 Å². The Balaban J connectivity index is 2.39. The highest BCUT2D eigenvalue weighted by Gasteiger charge is 2.24. The van der Waals surface area contributed by atoms with Crippen LogP contribution in [-0.4, -0.2) is 9.98 Å². The van der Waals surface area contributed by atoms with Gasteiger partial charge in [0, 0.05) is 10.6 Å². The van der Waals surface area contributed by atoms with E-state index < -0.39 is 5.92 Å². The summed E-state index contributed by atoms with van der Waals surface area (Å²) >= 11 is 15.2. The Labute approximate surface area is 128 Å². The molecule has 1 atom stereocenters. The van der Waals surface area contributed by atoms with Crippen LogP contribution in [0.1, 0.15) is 21.8 Å². The molecule has 19 heavy (non-hydrogen) atoms. The van der Waals surface area contributed by atoms with Gasteiger partial charge in [0.15, 0.2) is 5.78 Å². The van der Waals surface area contributed by atoms with Gasteiger partial charge in [-0.05, 0) is 17.7 Å². The Morgan fingerprint density at radius 2 is 1.63 bits per heavy atom. The first-order valence-corrected chi connectivity index (χ1v) is 6.90. The average molecular weight is 307 g/mol. The summed E-state index contributed by atoms with van der Waals surface area (Å²) in [6, 6.07) is 16.2. The number of carbonyl (C=O) groups excluding carboxylic acids is 1. The highest BCUT2D eigenvalue weighted by molar-refractivity contribution is 8.11. The number of benzene rings is 2. The molecular weight excluding hydrogens is 296 g/mol. The van der Waals surface area contributed by atoms with Gasteiger partial charge in [-0.15, -0.1) is 12.6 Å². The maximum Gasteiger partial charge on any atom is 0.176 e. The number of Topliss-reactive ketones (excluding diaryl/α,β-unsaturated/α-hetero) is 1. The number of ketones is 1. The number of thiol groups is 1. The zero-order valence-corrected chi connectivity index (χ0v) is 12.4. The molecule has 0 bridgehead atoms. The third kappa shape index (κ3) is 3.44. The molecule has 0 amide bonds. The maximum atomic E-state index is 12.5. The van der Waals surface area contributed by atoms with Crippen LogP contribution < -0.4 is 0 Å². The van der Waals surface area contributed by atoms with E-state index in [0.717, 1.165) is 5.56 Å². The lowest BCUT2D eigenvalue weighted by Gasteiger charge is -2.14. The Bertz CT molecular complexity index is 593. The van der Waals surface area contributed by atoms with Crippen LogP contribution in [0.15, 0.2) is 54.6 Å². The summed E-state index contributed by atoms with van der Waals surface area (Å²) in [5, 5.41) is 0.625. The summed E-state index contributed by atoms with van der Waals surface area (Å²) in [4.78, 5) is 12.5. The molecule has 0 saturated carbocycles. The highest BCUT2D eigenvalue weighted by atomic mass is 35.5. The fraction of sp³-hybridized carbons (Fsp3) is 0.0667. The molecule has 0 radical (unpaired) electrons. The van der Waals surface area contributed by atoms with Gasteiger partial charge >= 0.3 is 0 Å². The van der Waals surface area contributed by atoms with Gasteiger partial charge in [0.25, 0.3) is 0 Å². The fourth-order valence-electron chi connectivity index (χ4n) is 1.83. The van der Waals surface area contributed by atoms with E-state index in [-0.39, 0.29) is 5.78 Å². The standard InChI is InChI=1S/C15H11ClOS2/c16-12-8-6-10(7-9-12)13(15(18)19)14(17)11-4-2-1-3-5-11/h1-9,13H,(H,18,19). The molecule has 4 heteroatoms. The average Bonchev–Trinajstić information content (AvgIpc) is 2.42. The number of hydrogen-bond acceptors (Lipinski definition) is 2. The zero-order chi connectivity index (χ0) is 13.8. The lowest BCUT2D eigenvalue weighted by Crippen LogP contribution is -2.17. The van der Waals surface area contributed by atoms with Gasteiger partial charge in [-0.2, -0.15) is 0 Å². The van der Waals surface area contributed by atoms with Crippen molar-refractivity contribution in [1.29, 1.82) is 0 Å².